The normalized spacial score (nSPS) is 20.0. The number of ether oxygens (including phenoxy) is 1. The summed E-state index contributed by atoms with van der Waals surface area (Å²) in [6.07, 6.45) is 0. The van der Waals surface area contributed by atoms with Crippen molar-refractivity contribution < 1.29 is 19.3 Å². The van der Waals surface area contributed by atoms with Gasteiger partial charge in [-0.3, -0.25) is 4.79 Å². The second-order valence-corrected chi connectivity index (χ2v) is 7.33. The molecular weight excluding hydrogens is 352 g/mol. The minimum atomic E-state index is -0.0989. The lowest BCUT2D eigenvalue weighted by Crippen LogP contribution is -3.29. The zero-order valence-electron chi connectivity index (χ0n) is 16.5. The summed E-state index contributed by atoms with van der Waals surface area (Å²) in [6, 6.07) is 17.2. The molecule has 1 heterocycles. The van der Waals surface area contributed by atoms with Gasteiger partial charge in [-0.1, -0.05) is 0 Å². The molecule has 28 heavy (non-hydrogen) atoms. The Labute approximate surface area is 166 Å². The van der Waals surface area contributed by atoms with Gasteiger partial charge in [0.05, 0.1) is 18.7 Å². The lowest BCUT2D eigenvalue weighted by atomic mass is 10.1. The van der Waals surface area contributed by atoms with Gasteiger partial charge in [0.15, 0.2) is 6.04 Å². The molecule has 0 radical (unpaired) electrons. The van der Waals surface area contributed by atoms with E-state index in [4.69, 9.17) is 10.00 Å². The highest BCUT2D eigenvalue weighted by molar-refractivity contribution is 5.93. The first-order valence-electron chi connectivity index (χ1n) is 9.71. The third-order valence-corrected chi connectivity index (χ3v) is 5.50. The van der Waals surface area contributed by atoms with Crippen LogP contribution in [-0.2, 0) is 11.3 Å². The van der Waals surface area contributed by atoms with Crippen molar-refractivity contribution in [1.29, 1.82) is 5.26 Å². The van der Waals surface area contributed by atoms with E-state index >= 15 is 0 Å². The largest absolute Gasteiger partial charge is 0.497 e. The third kappa shape index (κ3) is 5.10. The van der Waals surface area contributed by atoms with Gasteiger partial charge in [-0.15, -0.1) is 0 Å². The van der Waals surface area contributed by atoms with Gasteiger partial charge in [-0.05, 0) is 55.5 Å². The topological polar surface area (TPSA) is 71.0 Å². The van der Waals surface area contributed by atoms with Crippen molar-refractivity contribution in [2.24, 2.45) is 0 Å². The van der Waals surface area contributed by atoms with Gasteiger partial charge in [0.1, 0.15) is 38.5 Å². The van der Waals surface area contributed by atoms with Crippen molar-refractivity contribution in [3.05, 3.63) is 59.7 Å². The van der Waals surface area contributed by atoms with Crippen LogP contribution in [0.3, 0.4) is 0 Å². The Morgan fingerprint density at radius 3 is 2.32 bits per heavy atom. The second kappa shape index (κ2) is 9.36. The first-order chi connectivity index (χ1) is 13.6. The average Bonchev–Trinajstić information content (AvgIpc) is 2.75. The summed E-state index contributed by atoms with van der Waals surface area (Å²) >= 11 is 0. The maximum Gasteiger partial charge on any atom is 0.282 e. The highest BCUT2D eigenvalue weighted by atomic mass is 16.5. The van der Waals surface area contributed by atoms with Crippen LogP contribution >= 0.6 is 0 Å². The van der Waals surface area contributed by atoms with Gasteiger partial charge < -0.3 is 19.9 Å². The van der Waals surface area contributed by atoms with E-state index in [2.05, 4.69) is 23.5 Å². The van der Waals surface area contributed by atoms with Crippen molar-refractivity contribution in [1.82, 2.24) is 0 Å². The Morgan fingerprint density at radius 1 is 1.11 bits per heavy atom. The van der Waals surface area contributed by atoms with Crippen LogP contribution < -0.4 is 19.9 Å². The van der Waals surface area contributed by atoms with Gasteiger partial charge in [-0.25, -0.2) is 0 Å². The molecule has 6 nitrogen and oxygen atoms in total. The van der Waals surface area contributed by atoms with E-state index in [1.54, 1.807) is 36.3 Å². The fraction of sp³-hybridized carbons (Fsp3) is 0.364. The molecule has 1 atom stereocenters. The second-order valence-electron chi connectivity index (χ2n) is 7.33. The quantitative estimate of drug-likeness (QED) is 0.654. The molecule has 0 unspecified atom stereocenters. The first-order valence-corrected chi connectivity index (χ1v) is 9.71. The number of nitriles is 1. The molecular formula is C22H28N4O2+2. The third-order valence-electron chi connectivity index (χ3n) is 5.50. The van der Waals surface area contributed by atoms with Crippen LogP contribution in [-0.4, -0.2) is 45.2 Å². The van der Waals surface area contributed by atoms with E-state index in [9.17, 15) is 4.79 Å². The standard InChI is InChI=1S/C22H26N4O2/c1-17(22(27)24-20-7-3-18(15-23)4-8-20)26-13-11-25(12-14-26)16-19-5-9-21(28-2)10-6-19/h3-10,17H,11-14,16H2,1-2H3,(H,24,27)/p+2/t17-/m1/s1. The summed E-state index contributed by atoms with van der Waals surface area (Å²) in [5.74, 6) is 0.911. The Balaban J connectivity index is 1.47. The van der Waals surface area contributed by atoms with Gasteiger partial charge in [0, 0.05) is 11.3 Å². The Kier molecular flexibility index (Phi) is 6.64. The molecule has 3 rings (SSSR count). The number of rotatable bonds is 6. The Hall–Kier alpha value is -2.88. The summed E-state index contributed by atoms with van der Waals surface area (Å²) in [7, 11) is 1.68. The highest BCUT2D eigenvalue weighted by Crippen LogP contribution is 2.10. The summed E-state index contributed by atoms with van der Waals surface area (Å²) in [6.45, 7) is 7.05. The average molecular weight is 380 g/mol. The molecule has 2 aromatic carbocycles. The molecule has 0 bridgehead atoms. The van der Waals surface area contributed by atoms with E-state index in [1.165, 1.54) is 10.5 Å². The summed E-state index contributed by atoms with van der Waals surface area (Å²) in [4.78, 5) is 15.5. The fourth-order valence-corrected chi connectivity index (χ4v) is 3.63. The van der Waals surface area contributed by atoms with Crippen molar-refractivity contribution in [2.75, 3.05) is 38.6 Å². The van der Waals surface area contributed by atoms with E-state index < -0.39 is 0 Å². The lowest BCUT2D eigenvalue weighted by molar-refractivity contribution is -1.02. The molecule has 1 saturated heterocycles. The van der Waals surface area contributed by atoms with Gasteiger partial charge >= 0.3 is 0 Å². The van der Waals surface area contributed by atoms with E-state index in [1.807, 2.05) is 19.1 Å². The number of benzene rings is 2. The molecule has 2 aromatic rings. The van der Waals surface area contributed by atoms with Crippen LogP contribution in [0, 0.1) is 11.3 Å². The molecule has 0 aromatic heterocycles. The molecule has 3 N–H and O–H groups in total. The van der Waals surface area contributed by atoms with Crippen LogP contribution in [0.15, 0.2) is 48.5 Å². The number of quaternary nitrogens is 2. The smallest absolute Gasteiger partial charge is 0.282 e. The zero-order valence-corrected chi connectivity index (χ0v) is 16.5. The Bertz CT molecular complexity index is 819. The van der Waals surface area contributed by atoms with E-state index in [-0.39, 0.29) is 11.9 Å². The number of methoxy groups -OCH3 is 1. The SMILES string of the molecule is COc1ccc(C[NH+]2CC[NH+]([C@H](C)C(=O)Nc3ccc(C#N)cc3)CC2)cc1. The molecule has 0 spiro atoms. The van der Waals surface area contributed by atoms with Crippen molar-refractivity contribution in [2.45, 2.75) is 19.5 Å². The number of carbonyl (C=O) groups is 1. The maximum atomic E-state index is 12.6. The predicted molar refractivity (Wildman–Crippen MR) is 107 cm³/mol. The van der Waals surface area contributed by atoms with E-state index in [0.29, 0.717) is 5.56 Å². The molecule has 146 valence electrons. The molecule has 0 aliphatic carbocycles. The van der Waals surface area contributed by atoms with Gasteiger partial charge in [0.25, 0.3) is 5.91 Å². The van der Waals surface area contributed by atoms with Crippen LogP contribution in [0.1, 0.15) is 18.1 Å². The molecule has 6 heteroatoms. The minimum Gasteiger partial charge on any atom is -0.497 e. The highest BCUT2D eigenvalue weighted by Gasteiger charge is 2.31. The van der Waals surface area contributed by atoms with Crippen LogP contribution in [0.4, 0.5) is 5.69 Å². The zero-order chi connectivity index (χ0) is 19.9. The van der Waals surface area contributed by atoms with E-state index in [0.717, 1.165) is 44.2 Å². The predicted octanol–water partition coefficient (Wildman–Crippen LogP) is -0.123. The number of amides is 1. The fourth-order valence-electron chi connectivity index (χ4n) is 3.63. The van der Waals surface area contributed by atoms with Crippen molar-refractivity contribution >= 4 is 11.6 Å². The number of nitrogens with one attached hydrogen (secondary N) is 3. The van der Waals surface area contributed by atoms with Crippen molar-refractivity contribution in [3.63, 3.8) is 0 Å². The number of anilines is 1. The number of hydrogen-bond donors (Lipinski definition) is 3. The minimum absolute atomic E-state index is 0.0262. The number of carbonyl (C=O) groups excluding carboxylic acids is 1. The van der Waals surface area contributed by atoms with Crippen LogP contribution in [0.2, 0.25) is 0 Å². The summed E-state index contributed by atoms with van der Waals surface area (Å²) in [5, 5.41) is 11.8. The lowest BCUT2D eigenvalue weighted by Gasteiger charge is -2.32. The summed E-state index contributed by atoms with van der Waals surface area (Å²) < 4.78 is 5.21. The number of hydrogen-bond acceptors (Lipinski definition) is 3. The molecule has 1 fully saturated rings. The van der Waals surface area contributed by atoms with Gasteiger partial charge in [-0.2, -0.15) is 5.26 Å². The van der Waals surface area contributed by atoms with Crippen LogP contribution in [0.5, 0.6) is 5.75 Å². The monoisotopic (exact) mass is 380 g/mol. The molecule has 1 aliphatic heterocycles. The van der Waals surface area contributed by atoms with Crippen LogP contribution in [0.25, 0.3) is 0 Å². The Morgan fingerprint density at radius 2 is 1.75 bits per heavy atom. The molecule has 0 saturated carbocycles. The molecule has 1 amide bonds. The molecule has 1 aliphatic rings. The van der Waals surface area contributed by atoms with Crippen molar-refractivity contribution in [3.8, 4) is 11.8 Å². The summed E-state index contributed by atoms with van der Waals surface area (Å²) in [5.41, 5.74) is 2.64. The first kappa shape index (κ1) is 19.9. The maximum absolute atomic E-state index is 12.6. The number of nitrogens with zero attached hydrogens (tertiary/aromatic N) is 1. The number of piperazine rings is 1. The van der Waals surface area contributed by atoms with Gasteiger partial charge in [0.2, 0.25) is 0 Å².